The Bertz CT molecular complexity index is 2040. The highest BCUT2D eigenvalue weighted by Gasteiger charge is 2.22. The molecule has 0 aliphatic rings. The quantitative estimate of drug-likeness (QED) is 0.256. The molecule has 5 aromatic carbocycles. The minimum Gasteiger partial charge on any atom is -0.508 e. The van der Waals surface area contributed by atoms with Gasteiger partial charge in [0.2, 0.25) is 0 Å². The topological polar surface area (TPSA) is 58.0 Å². The van der Waals surface area contributed by atoms with Crippen LogP contribution in [0.3, 0.4) is 0 Å². The number of rotatable bonds is 2. The van der Waals surface area contributed by atoms with Crippen molar-refractivity contribution in [2.75, 3.05) is 0 Å². The molecular weight excluding hydrogens is 444 g/mol. The van der Waals surface area contributed by atoms with E-state index in [1.165, 1.54) is 27.4 Å². The predicted molar refractivity (Wildman–Crippen MR) is 148 cm³/mol. The molecule has 0 aliphatic carbocycles. The zero-order valence-corrected chi connectivity index (χ0v) is 20.3. The summed E-state index contributed by atoms with van der Waals surface area (Å²) >= 11 is 0. The number of aromatic nitrogens is 2. The molecule has 7 aromatic rings. The first-order chi connectivity index (χ1) is 17.4. The molecule has 0 saturated heterocycles. The van der Waals surface area contributed by atoms with Gasteiger partial charge in [-0.3, -0.25) is 4.79 Å². The van der Waals surface area contributed by atoms with Gasteiger partial charge in [0, 0.05) is 45.2 Å². The molecule has 4 heteroatoms. The van der Waals surface area contributed by atoms with Crippen molar-refractivity contribution in [2.45, 2.75) is 13.8 Å². The Hall–Kier alpha value is -4.57. The monoisotopic (exact) mass is 468 g/mol. The van der Waals surface area contributed by atoms with Crippen LogP contribution in [-0.2, 0) is 7.05 Å². The van der Waals surface area contributed by atoms with E-state index in [-0.39, 0.29) is 11.5 Å². The Kier molecular flexibility index (Phi) is 4.16. The zero-order valence-electron chi connectivity index (χ0n) is 20.3. The summed E-state index contributed by atoms with van der Waals surface area (Å²) < 4.78 is 2.24. The molecule has 2 heterocycles. The molecule has 0 atom stereocenters. The van der Waals surface area contributed by atoms with Crippen molar-refractivity contribution >= 4 is 60.2 Å². The number of phenols is 1. The van der Waals surface area contributed by atoms with Crippen LogP contribution in [0.5, 0.6) is 5.75 Å². The number of carbonyl (C=O) groups excluding carboxylic acids is 1. The van der Waals surface area contributed by atoms with Crippen LogP contribution in [0.1, 0.15) is 27.0 Å². The van der Waals surface area contributed by atoms with Crippen LogP contribution in [0.2, 0.25) is 0 Å². The molecule has 0 amide bonds. The maximum Gasteiger partial charge on any atom is 0.195 e. The lowest BCUT2D eigenvalue weighted by Gasteiger charge is -2.10. The SMILES string of the molecule is Cc1cc(C)c2c(c1)c1cc3cc4c([nH]c5ccc(O)cc54)c(C(=O)c4ccccc4)c3cc1n2C. The second-order valence-corrected chi connectivity index (χ2v) is 9.85. The fraction of sp³-hybridized carbons (Fsp3) is 0.0938. The van der Waals surface area contributed by atoms with Gasteiger partial charge in [-0.25, -0.2) is 0 Å². The smallest absolute Gasteiger partial charge is 0.195 e. The largest absolute Gasteiger partial charge is 0.508 e. The van der Waals surface area contributed by atoms with E-state index in [4.69, 9.17) is 0 Å². The number of ketones is 1. The third kappa shape index (κ3) is 2.78. The number of fused-ring (bicyclic) bond motifs is 7. The summed E-state index contributed by atoms with van der Waals surface area (Å²) in [6, 6.07) is 25.7. The third-order valence-electron chi connectivity index (χ3n) is 7.50. The van der Waals surface area contributed by atoms with Gasteiger partial charge in [0.25, 0.3) is 0 Å². The number of nitrogens with one attached hydrogen (secondary N) is 1. The predicted octanol–water partition coefficient (Wildman–Crippen LogP) is 7.67. The van der Waals surface area contributed by atoms with Gasteiger partial charge in [-0.2, -0.15) is 0 Å². The summed E-state index contributed by atoms with van der Waals surface area (Å²) in [5.74, 6) is 0.182. The van der Waals surface area contributed by atoms with Gasteiger partial charge in [0.15, 0.2) is 5.78 Å². The fourth-order valence-corrected chi connectivity index (χ4v) is 5.97. The lowest BCUT2D eigenvalue weighted by atomic mass is 9.93. The number of aryl methyl sites for hydroxylation is 3. The highest BCUT2D eigenvalue weighted by molar-refractivity contribution is 6.29. The van der Waals surface area contributed by atoms with Crippen LogP contribution < -0.4 is 0 Å². The zero-order chi connectivity index (χ0) is 24.7. The van der Waals surface area contributed by atoms with Gasteiger partial charge in [0.05, 0.1) is 16.6 Å². The molecule has 0 unspecified atom stereocenters. The maximum atomic E-state index is 14.0. The van der Waals surface area contributed by atoms with E-state index >= 15 is 0 Å². The van der Waals surface area contributed by atoms with Crippen LogP contribution >= 0.6 is 0 Å². The lowest BCUT2D eigenvalue weighted by molar-refractivity contribution is 0.104. The van der Waals surface area contributed by atoms with Crippen LogP contribution in [0, 0.1) is 13.8 Å². The van der Waals surface area contributed by atoms with Crippen LogP contribution in [0.15, 0.2) is 78.9 Å². The molecule has 174 valence electrons. The van der Waals surface area contributed by atoms with E-state index < -0.39 is 0 Å². The number of phenolic OH excluding ortho intramolecular Hbond substituents is 1. The molecule has 36 heavy (non-hydrogen) atoms. The third-order valence-corrected chi connectivity index (χ3v) is 7.50. The molecule has 0 radical (unpaired) electrons. The molecule has 4 nitrogen and oxygen atoms in total. The first-order valence-electron chi connectivity index (χ1n) is 12.1. The van der Waals surface area contributed by atoms with Crippen LogP contribution in [0.4, 0.5) is 0 Å². The Morgan fingerprint density at radius 1 is 0.806 bits per heavy atom. The number of H-pyrrole nitrogens is 1. The number of aromatic amines is 1. The van der Waals surface area contributed by atoms with E-state index in [2.05, 4.69) is 60.8 Å². The minimum absolute atomic E-state index is 0.0212. The summed E-state index contributed by atoms with van der Waals surface area (Å²) in [5, 5.41) is 16.4. The summed E-state index contributed by atoms with van der Waals surface area (Å²) in [6.07, 6.45) is 0. The standard InChI is InChI=1S/C32H24N2O2/c1-17-11-18(2)31-26(12-17)24-13-20-14-25-23-15-21(35)9-10-27(23)33-30(25)29(22(20)16-28(24)34(31)3)32(36)19-7-5-4-6-8-19/h4-16,33,35H,1-3H3. The number of aromatic hydroxyl groups is 1. The highest BCUT2D eigenvalue weighted by atomic mass is 16.3. The Balaban J connectivity index is 1.69. The molecule has 7 rings (SSSR count). The van der Waals surface area contributed by atoms with Crippen molar-refractivity contribution in [1.29, 1.82) is 0 Å². The maximum absolute atomic E-state index is 14.0. The van der Waals surface area contributed by atoms with Gasteiger partial charge in [-0.05, 0) is 72.6 Å². The second-order valence-electron chi connectivity index (χ2n) is 9.85. The van der Waals surface area contributed by atoms with Crippen molar-refractivity contribution in [3.05, 3.63) is 101 Å². The summed E-state index contributed by atoms with van der Waals surface area (Å²) in [7, 11) is 2.10. The number of benzene rings is 5. The van der Waals surface area contributed by atoms with E-state index in [1.807, 2.05) is 36.4 Å². The van der Waals surface area contributed by atoms with E-state index in [0.29, 0.717) is 11.1 Å². The van der Waals surface area contributed by atoms with E-state index in [9.17, 15) is 9.90 Å². The number of carbonyl (C=O) groups is 1. The Morgan fingerprint density at radius 2 is 1.58 bits per heavy atom. The van der Waals surface area contributed by atoms with Gasteiger partial charge >= 0.3 is 0 Å². The van der Waals surface area contributed by atoms with E-state index in [1.54, 1.807) is 12.1 Å². The van der Waals surface area contributed by atoms with Gasteiger partial charge < -0.3 is 14.7 Å². The minimum atomic E-state index is -0.0212. The molecule has 0 spiro atoms. The van der Waals surface area contributed by atoms with Crippen molar-refractivity contribution in [2.24, 2.45) is 7.05 Å². The Morgan fingerprint density at radius 3 is 2.39 bits per heavy atom. The Labute approximate surface area is 207 Å². The van der Waals surface area contributed by atoms with Gasteiger partial charge in [-0.1, -0.05) is 42.0 Å². The number of hydrogen-bond acceptors (Lipinski definition) is 2. The molecule has 0 saturated carbocycles. The van der Waals surface area contributed by atoms with Gasteiger partial charge in [-0.15, -0.1) is 0 Å². The van der Waals surface area contributed by atoms with Crippen molar-refractivity contribution in [1.82, 2.24) is 9.55 Å². The molecular formula is C32H24N2O2. The van der Waals surface area contributed by atoms with Crippen molar-refractivity contribution in [3.63, 3.8) is 0 Å². The normalized spacial score (nSPS) is 12.0. The first-order valence-corrected chi connectivity index (χ1v) is 12.1. The number of nitrogens with zero attached hydrogens (tertiary/aromatic N) is 1. The molecule has 0 bridgehead atoms. The van der Waals surface area contributed by atoms with Crippen molar-refractivity contribution in [3.8, 4) is 5.75 Å². The summed E-state index contributed by atoms with van der Waals surface area (Å²) in [5.41, 5.74) is 7.77. The van der Waals surface area contributed by atoms with E-state index in [0.717, 1.165) is 38.1 Å². The van der Waals surface area contributed by atoms with Gasteiger partial charge in [0.1, 0.15) is 5.75 Å². The lowest BCUT2D eigenvalue weighted by Crippen LogP contribution is -2.03. The van der Waals surface area contributed by atoms with Crippen molar-refractivity contribution < 1.29 is 9.90 Å². The molecule has 0 fully saturated rings. The molecule has 2 N–H and O–H groups in total. The number of hydrogen-bond donors (Lipinski definition) is 2. The summed E-state index contributed by atoms with van der Waals surface area (Å²) in [4.78, 5) is 17.5. The van der Waals surface area contributed by atoms with Crippen LogP contribution in [0.25, 0.3) is 54.4 Å². The average molecular weight is 469 g/mol. The average Bonchev–Trinajstić information content (AvgIpc) is 3.36. The first kappa shape index (κ1) is 20.8. The molecule has 0 aliphatic heterocycles. The molecule has 2 aromatic heterocycles. The van der Waals surface area contributed by atoms with Crippen LogP contribution in [-0.4, -0.2) is 20.4 Å². The summed E-state index contributed by atoms with van der Waals surface area (Å²) in [6.45, 7) is 4.28. The fourth-order valence-electron chi connectivity index (χ4n) is 5.97. The second kappa shape index (κ2) is 7.22. The highest BCUT2D eigenvalue weighted by Crippen LogP contribution is 2.40.